The molecule has 0 fully saturated rings. The van der Waals surface area contributed by atoms with Crippen LogP contribution >= 0.6 is 11.8 Å². The highest BCUT2D eigenvalue weighted by Gasteiger charge is 2.18. The lowest BCUT2D eigenvalue weighted by Crippen LogP contribution is -2.32. The first-order valence-corrected chi connectivity index (χ1v) is 10.4. The third-order valence-electron chi connectivity index (χ3n) is 3.60. The van der Waals surface area contributed by atoms with Crippen LogP contribution < -0.4 is 10.5 Å². The van der Waals surface area contributed by atoms with Crippen molar-refractivity contribution in [2.45, 2.75) is 23.9 Å². The van der Waals surface area contributed by atoms with Crippen LogP contribution in [0.3, 0.4) is 0 Å². The summed E-state index contributed by atoms with van der Waals surface area (Å²) in [6.07, 6.45) is 6.51. The van der Waals surface area contributed by atoms with E-state index in [0.29, 0.717) is 6.54 Å². The number of nitrogens with zero attached hydrogens (tertiary/aromatic N) is 1. The van der Waals surface area contributed by atoms with Crippen LogP contribution in [0.4, 0.5) is 0 Å². The number of thioether (sulfide) groups is 1. The van der Waals surface area contributed by atoms with Gasteiger partial charge >= 0.3 is 0 Å². The molecule has 8 heteroatoms. The summed E-state index contributed by atoms with van der Waals surface area (Å²) in [5.74, 6) is 0.829. The number of sulfonamides is 1. The highest BCUT2D eigenvalue weighted by atomic mass is 32.2. The van der Waals surface area contributed by atoms with Gasteiger partial charge in [-0.2, -0.15) is 11.8 Å². The molecule has 2 rings (SSSR count). The minimum atomic E-state index is -3.70. The van der Waals surface area contributed by atoms with Crippen molar-refractivity contribution in [2.24, 2.45) is 5.14 Å². The third kappa shape index (κ3) is 5.12. The molecule has 1 unspecified atom stereocenters. The van der Waals surface area contributed by atoms with Crippen molar-refractivity contribution in [1.29, 1.82) is 0 Å². The Morgan fingerprint density at radius 1 is 1.25 bits per heavy atom. The SMILES string of the molecule is CSCCC(C(=O)NCc1ccc(S(N)(=O)=O)cc1)n1cccc1. The molecule has 0 aliphatic rings. The maximum Gasteiger partial charge on any atom is 0.243 e. The lowest BCUT2D eigenvalue weighted by Gasteiger charge is -2.18. The fourth-order valence-electron chi connectivity index (χ4n) is 2.30. The number of aromatic nitrogens is 1. The molecule has 24 heavy (non-hydrogen) atoms. The van der Waals surface area contributed by atoms with Crippen molar-refractivity contribution in [3.8, 4) is 0 Å². The monoisotopic (exact) mass is 367 g/mol. The summed E-state index contributed by atoms with van der Waals surface area (Å²) in [5, 5.41) is 7.97. The van der Waals surface area contributed by atoms with Gasteiger partial charge in [-0.25, -0.2) is 13.6 Å². The average molecular weight is 367 g/mol. The normalized spacial score (nSPS) is 12.8. The van der Waals surface area contributed by atoms with Gasteiger partial charge in [0, 0.05) is 18.9 Å². The summed E-state index contributed by atoms with van der Waals surface area (Å²) < 4.78 is 24.4. The predicted octanol–water partition coefficient (Wildman–Crippen LogP) is 1.75. The molecule has 1 amide bonds. The lowest BCUT2D eigenvalue weighted by atomic mass is 10.2. The summed E-state index contributed by atoms with van der Waals surface area (Å²) >= 11 is 1.70. The molecule has 6 nitrogen and oxygen atoms in total. The second-order valence-electron chi connectivity index (χ2n) is 5.33. The van der Waals surface area contributed by atoms with Crippen LogP contribution in [0.5, 0.6) is 0 Å². The number of benzene rings is 1. The number of amides is 1. The number of primary sulfonamides is 1. The summed E-state index contributed by atoms with van der Waals surface area (Å²) in [6, 6.07) is 9.70. The highest BCUT2D eigenvalue weighted by molar-refractivity contribution is 7.98. The van der Waals surface area contributed by atoms with Gasteiger partial charge in [-0.1, -0.05) is 12.1 Å². The molecule has 2 aromatic rings. The fraction of sp³-hybridized carbons (Fsp3) is 0.312. The van der Waals surface area contributed by atoms with E-state index in [9.17, 15) is 13.2 Å². The zero-order valence-electron chi connectivity index (χ0n) is 13.4. The molecule has 1 atom stereocenters. The molecule has 1 heterocycles. The maximum atomic E-state index is 12.5. The predicted molar refractivity (Wildman–Crippen MR) is 96.1 cm³/mol. The van der Waals surface area contributed by atoms with Gasteiger partial charge in [0.2, 0.25) is 15.9 Å². The van der Waals surface area contributed by atoms with Gasteiger partial charge in [0.1, 0.15) is 6.04 Å². The average Bonchev–Trinajstić information content (AvgIpc) is 3.07. The smallest absolute Gasteiger partial charge is 0.243 e. The zero-order valence-corrected chi connectivity index (χ0v) is 15.0. The quantitative estimate of drug-likeness (QED) is 0.743. The van der Waals surface area contributed by atoms with Gasteiger partial charge in [0.25, 0.3) is 0 Å². The number of carbonyl (C=O) groups is 1. The maximum absolute atomic E-state index is 12.5. The van der Waals surface area contributed by atoms with Gasteiger partial charge in [-0.05, 0) is 48.3 Å². The van der Waals surface area contributed by atoms with E-state index in [1.165, 1.54) is 12.1 Å². The van der Waals surface area contributed by atoms with E-state index < -0.39 is 10.0 Å². The molecule has 0 saturated carbocycles. The standard InChI is InChI=1S/C16H21N3O3S2/c1-23-11-8-15(19-9-2-3-10-19)16(20)18-12-13-4-6-14(7-5-13)24(17,21)22/h2-7,9-10,15H,8,11-12H2,1H3,(H,18,20)(H2,17,21,22). The molecule has 0 aliphatic heterocycles. The van der Waals surface area contributed by atoms with E-state index in [2.05, 4.69) is 5.32 Å². The van der Waals surface area contributed by atoms with Gasteiger partial charge in [0.15, 0.2) is 0 Å². The van der Waals surface area contributed by atoms with E-state index in [-0.39, 0.29) is 16.8 Å². The van der Waals surface area contributed by atoms with Crippen molar-refractivity contribution in [3.63, 3.8) is 0 Å². The Bertz CT molecular complexity index is 756. The second-order valence-corrected chi connectivity index (χ2v) is 7.88. The number of rotatable bonds is 8. The molecule has 1 aromatic heterocycles. The van der Waals surface area contributed by atoms with Crippen LogP contribution in [0.2, 0.25) is 0 Å². The van der Waals surface area contributed by atoms with Crippen LogP contribution in [-0.4, -0.2) is 30.9 Å². The largest absolute Gasteiger partial charge is 0.350 e. The number of nitrogens with one attached hydrogen (secondary N) is 1. The minimum Gasteiger partial charge on any atom is -0.350 e. The topological polar surface area (TPSA) is 94.2 Å². The number of hydrogen-bond donors (Lipinski definition) is 2. The van der Waals surface area contributed by atoms with E-state index in [4.69, 9.17) is 5.14 Å². The first-order chi connectivity index (χ1) is 11.4. The molecule has 0 bridgehead atoms. The van der Waals surface area contributed by atoms with E-state index in [1.807, 2.05) is 35.3 Å². The number of nitrogens with two attached hydrogens (primary N) is 1. The minimum absolute atomic E-state index is 0.0581. The Morgan fingerprint density at radius 2 is 1.88 bits per heavy atom. The molecule has 1 aromatic carbocycles. The van der Waals surface area contributed by atoms with Crippen molar-refractivity contribution < 1.29 is 13.2 Å². The molecule has 130 valence electrons. The van der Waals surface area contributed by atoms with Crippen LogP contribution in [-0.2, 0) is 21.4 Å². The number of carbonyl (C=O) groups excluding carboxylic acids is 1. The number of hydrogen-bond acceptors (Lipinski definition) is 4. The van der Waals surface area contributed by atoms with E-state index in [0.717, 1.165) is 17.7 Å². The molecule has 0 saturated heterocycles. The van der Waals surface area contributed by atoms with Gasteiger partial charge in [0.05, 0.1) is 4.90 Å². The van der Waals surface area contributed by atoms with Gasteiger partial charge in [-0.3, -0.25) is 4.79 Å². The lowest BCUT2D eigenvalue weighted by molar-refractivity contribution is -0.124. The van der Waals surface area contributed by atoms with E-state index >= 15 is 0 Å². The Balaban J connectivity index is 2.00. The fourth-order valence-corrected chi connectivity index (χ4v) is 3.28. The van der Waals surface area contributed by atoms with Crippen LogP contribution in [0.15, 0.2) is 53.7 Å². The summed E-state index contributed by atoms with van der Waals surface area (Å²) in [6.45, 7) is 0.334. The third-order valence-corrected chi connectivity index (χ3v) is 5.18. The Hall–Kier alpha value is -1.77. The van der Waals surface area contributed by atoms with Crippen LogP contribution in [0.25, 0.3) is 0 Å². The first kappa shape index (κ1) is 18.6. The highest BCUT2D eigenvalue weighted by Crippen LogP contribution is 2.16. The van der Waals surface area contributed by atoms with Crippen molar-refractivity contribution in [2.75, 3.05) is 12.0 Å². The van der Waals surface area contributed by atoms with Crippen LogP contribution in [0, 0.1) is 0 Å². The van der Waals surface area contributed by atoms with Crippen molar-refractivity contribution >= 4 is 27.7 Å². The van der Waals surface area contributed by atoms with E-state index in [1.54, 1.807) is 23.9 Å². The Morgan fingerprint density at radius 3 is 2.42 bits per heavy atom. The summed E-state index contributed by atoms with van der Waals surface area (Å²) in [7, 11) is -3.70. The Kier molecular flexibility index (Phi) is 6.47. The van der Waals surface area contributed by atoms with Gasteiger partial charge in [-0.15, -0.1) is 0 Å². The molecular formula is C16H21N3O3S2. The molecule has 3 N–H and O–H groups in total. The van der Waals surface area contributed by atoms with Gasteiger partial charge < -0.3 is 9.88 Å². The van der Waals surface area contributed by atoms with Crippen LogP contribution in [0.1, 0.15) is 18.0 Å². The Labute approximate surface area is 146 Å². The summed E-state index contributed by atoms with van der Waals surface area (Å²) in [5.41, 5.74) is 0.812. The zero-order chi connectivity index (χ0) is 17.6. The molecule has 0 aliphatic carbocycles. The molecule has 0 radical (unpaired) electrons. The second kappa shape index (κ2) is 8.36. The first-order valence-electron chi connectivity index (χ1n) is 7.42. The summed E-state index contributed by atoms with van der Waals surface area (Å²) in [4.78, 5) is 12.5. The molecular weight excluding hydrogens is 346 g/mol. The molecule has 0 spiro atoms. The van der Waals surface area contributed by atoms with Crippen molar-refractivity contribution in [1.82, 2.24) is 9.88 Å². The van der Waals surface area contributed by atoms with Crippen molar-refractivity contribution in [3.05, 3.63) is 54.4 Å².